The Hall–Kier alpha value is -0.0900. The van der Waals surface area contributed by atoms with E-state index in [0.717, 1.165) is 35.7 Å². The fourth-order valence-electron chi connectivity index (χ4n) is 1.94. The van der Waals surface area contributed by atoms with Crippen LogP contribution in [0.3, 0.4) is 0 Å². The first-order chi connectivity index (χ1) is 8.55. The van der Waals surface area contributed by atoms with Gasteiger partial charge >= 0.3 is 0 Å². The molecule has 0 aliphatic carbocycles. The molecule has 1 atom stereocenters. The summed E-state index contributed by atoms with van der Waals surface area (Å²) in [5.41, 5.74) is 1.21. The van der Waals surface area contributed by atoms with Crippen LogP contribution in [0.5, 0.6) is 0 Å². The van der Waals surface area contributed by atoms with Crippen LogP contribution in [-0.4, -0.2) is 30.6 Å². The Balaban J connectivity index is 2.44. The van der Waals surface area contributed by atoms with Gasteiger partial charge in [-0.05, 0) is 43.8 Å². The third-order valence-electron chi connectivity index (χ3n) is 3.00. The summed E-state index contributed by atoms with van der Waals surface area (Å²) in [6.07, 6.45) is 0. The maximum absolute atomic E-state index is 6.03. The summed E-state index contributed by atoms with van der Waals surface area (Å²) in [5, 5.41) is 4.31. The number of likely N-dealkylation sites (N-methyl/N-ethyl adjacent to an activating group) is 1. The Kier molecular flexibility index (Phi) is 7.23. The van der Waals surface area contributed by atoms with Crippen LogP contribution in [-0.2, 0) is 6.54 Å². The molecule has 0 saturated heterocycles. The number of halogens is 2. The zero-order valence-corrected chi connectivity index (χ0v) is 13.7. The molecule has 102 valence electrons. The highest BCUT2D eigenvalue weighted by Crippen LogP contribution is 2.19. The second-order valence-corrected chi connectivity index (χ2v) is 5.90. The molecule has 1 aromatic carbocycles. The van der Waals surface area contributed by atoms with Gasteiger partial charge in [-0.25, -0.2) is 0 Å². The average Bonchev–Trinajstić information content (AvgIpc) is 2.32. The molecule has 0 aliphatic heterocycles. The number of benzene rings is 1. The third-order valence-corrected chi connectivity index (χ3v) is 3.68. The number of nitrogens with one attached hydrogen (secondary N) is 1. The van der Waals surface area contributed by atoms with Crippen molar-refractivity contribution in [2.45, 2.75) is 33.4 Å². The molecule has 0 amide bonds. The van der Waals surface area contributed by atoms with Crippen LogP contribution in [0.15, 0.2) is 22.7 Å². The fourth-order valence-corrected chi connectivity index (χ4v) is 2.87. The highest BCUT2D eigenvalue weighted by molar-refractivity contribution is 9.10. The maximum atomic E-state index is 6.03. The van der Waals surface area contributed by atoms with Gasteiger partial charge in [0.1, 0.15) is 0 Å². The average molecular weight is 334 g/mol. The standard InChI is InChI=1S/C14H22BrClN2/c1-4-18(5-2)10-11(3)17-9-12-6-13(15)8-14(16)7-12/h6-8,11,17H,4-5,9-10H2,1-3H3. The molecule has 1 aromatic rings. The maximum Gasteiger partial charge on any atom is 0.0420 e. The molecule has 1 rings (SSSR count). The Morgan fingerprint density at radius 1 is 1.28 bits per heavy atom. The van der Waals surface area contributed by atoms with Crippen molar-refractivity contribution in [2.24, 2.45) is 0 Å². The monoisotopic (exact) mass is 332 g/mol. The lowest BCUT2D eigenvalue weighted by atomic mass is 10.2. The van der Waals surface area contributed by atoms with Crippen molar-refractivity contribution in [2.75, 3.05) is 19.6 Å². The first kappa shape index (κ1) is 16.0. The summed E-state index contributed by atoms with van der Waals surface area (Å²) in [6.45, 7) is 10.7. The quantitative estimate of drug-likeness (QED) is 0.813. The van der Waals surface area contributed by atoms with Crippen molar-refractivity contribution in [3.63, 3.8) is 0 Å². The van der Waals surface area contributed by atoms with E-state index in [2.05, 4.69) is 53.0 Å². The van der Waals surface area contributed by atoms with E-state index in [-0.39, 0.29) is 0 Å². The van der Waals surface area contributed by atoms with Gasteiger partial charge < -0.3 is 10.2 Å². The minimum absolute atomic E-state index is 0.475. The predicted molar refractivity (Wildman–Crippen MR) is 83.2 cm³/mol. The van der Waals surface area contributed by atoms with E-state index in [1.54, 1.807) is 0 Å². The third kappa shape index (κ3) is 5.70. The molecule has 2 nitrogen and oxygen atoms in total. The molecule has 18 heavy (non-hydrogen) atoms. The van der Waals surface area contributed by atoms with Crippen LogP contribution >= 0.6 is 27.5 Å². The molecule has 0 bridgehead atoms. The Bertz CT molecular complexity index is 347. The van der Waals surface area contributed by atoms with Crippen LogP contribution < -0.4 is 5.32 Å². The lowest BCUT2D eigenvalue weighted by Crippen LogP contribution is -2.38. The van der Waals surface area contributed by atoms with Gasteiger partial charge in [-0.1, -0.05) is 41.4 Å². The van der Waals surface area contributed by atoms with Crippen molar-refractivity contribution in [3.8, 4) is 0 Å². The van der Waals surface area contributed by atoms with E-state index in [0.29, 0.717) is 6.04 Å². The molecule has 0 radical (unpaired) electrons. The van der Waals surface area contributed by atoms with E-state index in [1.165, 1.54) is 5.56 Å². The van der Waals surface area contributed by atoms with Gasteiger partial charge in [-0.2, -0.15) is 0 Å². The number of rotatable bonds is 7. The number of nitrogens with zero attached hydrogens (tertiary/aromatic N) is 1. The zero-order chi connectivity index (χ0) is 13.5. The molecule has 4 heteroatoms. The second kappa shape index (κ2) is 8.16. The van der Waals surface area contributed by atoms with Crippen molar-refractivity contribution < 1.29 is 0 Å². The summed E-state index contributed by atoms with van der Waals surface area (Å²) in [5.74, 6) is 0. The highest BCUT2D eigenvalue weighted by atomic mass is 79.9. The molecule has 1 N–H and O–H groups in total. The SMILES string of the molecule is CCN(CC)CC(C)NCc1cc(Cl)cc(Br)c1. The van der Waals surface area contributed by atoms with Crippen LogP contribution in [0, 0.1) is 0 Å². The summed E-state index contributed by atoms with van der Waals surface area (Å²) in [6, 6.07) is 6.49. The van der Waals surface area contributed by atoms with Crippen LogP contribution in [0.4, 0.5) is 0 Å². The largest absolute Gasteiger partial charge is 0.309 e. The van der Waals surface area contributed by atoms with E-state index < -0.39 is 0 Å². The number of hydrogen-bond acceptors (Lipinski definition) is 2. The molecular formula is C14H22BrClN2. The van der Waals surface area contributed by atoms with Gasteiger partial charge in [0.25, 0.3) is 0 Å². The van der Waals surface area contributed by atoms with Gasteiger partial charge in [0.2, 0.25) is 0 Å². The van der Waals surface area contributed by atoms with Crippen molar-refractivity contribution in [1.82, 2.24) is 10.2 Å². The molecular weight excluding hydrogens is 312 g/mol. The predicted octanol–water partition coefficient (Wildman–Crippen LogP) is 3.92. The van der Waals surface area contributed by atoms with Crippen LogP contribution in [0.2, 0.25) is 5.02 Å². The topological polar surface area (TPSA) is 15.3 Å². The van der Waals surface area contributed by atoms with E-state index in [9.17, 15) is 0 Å². The smallest absolute Gasteiger partial charge is 0.0420 e. The molecule has 0 heterocycles. The second-order valence-electron chi connectivity index (χ2n) is 4.55. The molecule has 0 aliphatic rings. The lowest BCUT2D eigenvalue weighted by molar-refractivity contribution is 0.270. The van der Waals surface area contributed by atoms with E-state index in [4.69, 9.17) is 11.6 Å². The van der Waals surface area contributed by atoms with Gasteiger partial charge in [0, 0.05) is 28.6 Å². The summed E-state index contributed by atoms with van der Waals surface area (Å²) in [7, 11) is 0. The Morgan fingerprint density at radius 2 is 1.94 bits per heavy atom. The van der Waals surface area contributed by atoms with Gasteiger partial charge in [0.05, 0.1) is 0 Å². The van der Waals surface area contributed by atoms with Crippen LogP contribution in [0.25, 0.3) is 0 Å². The molecule has 0 spiro atoms. The van der Waals surface area contributed by atoms with E-state index >= 15 is 0 Å². The van der Waals surface area contributed by atoms with Crippen molar-refractivity contribution in [3.05, 3.63) is 33.3 Å². The Labute approximate surface area is 124 Å². The minimum atomic E-state index is 0.475. The van der Waals surface area contributed by atoms with Gasteiger partial charge in [0.15, 0.2) is 0 Å². The van der Waals surface area contributed by atoms with Crippen molar-refractivity contribution >= 4 is 27.5 Å². The lowest BCUT2D eigenvalue weighted by Gasteiger charge is -2.23. The first-order valence-corrected chi connectivity index (χ1v) is 7.63. The fraction of sp³-hybridized carbons (Fsp3) is 0.571. The van der Waals surface area contributed by atoms with Gasteiger partial charge in [-0.15, -0.1) is 0 Å². The summed E-state index contributed by atoms with van der Waals surface area (Å²) < 4.78 is 1.03. The highest BCUT2D eigenvalue weighted by Gasteiger charge is 2.07. The summed E-state index contributed by atoms with van der Waals surface area (Å²) in [4.78, 5) is 2.42. The molecule has 1 unspecified atom stereocenters. The summed E-state index contributed by atoms with van der Waals surface area (Å²) >= 11 is 9.49. The molecule has 0 saturated carbocycles. The zero-order valence-electron chi connectivity index (χ0n) is 11.3. The van der Waals surface area contributed by atoms with Crippen molar-refractivity contribution in [1.29, 1.82) is 0 Å². The van der Waals surface area contributed by atoms with Gasteiger partial charge in [-0.3, -0.25) is 0 Å². The molecule has 0 aromatic heterocycles. The minimum Gasteiger partial charge on any atom is -0.309 e. The first-order valence-electron chi connectivity index (χ1n) is 6.45. The number of hydrogen-bond donors (Lipinski definition) is 1. The molecule has 0 fully saturated rings. The van der Waals surface area contributed by atoms with Crippen LogP contribution in [0.1, 0.15) is 26.3 Å². The normalized spacial score (nSPS) is 13.0. The van der Waals surface area contributed by atoms with E-state index in [1.807, 2.05) is 12.1 Å². The Morgan fingerprint density at radius 3 is 2.50 bits per heavy atom.